The summed E-state index contributed by atoms with van der Waals surface area (Å²) in [6.07, 6.45) is 0.762. The summed E-state index contributed by atoms with van der Waals surface area (Å²) >= 11 is 5.80. The number of esters is 1. The monoisotopic (exact) mass is 369 g/mol. The Morgan fingerprint density at radius 3 is 2.08 bits per heavy atom. The van der Waals surface area contributed by atoms with Crippen LogP contribution in [-0.4, -0.2) is 30.9 Å². The molecule has 1 saturated heterocycles. The first kappa shape index (κ1) is 17.3. The lowest BCUT2D eigenvalue weighted by atomic mass is 9.80. The van der Waals surface area contributed by atoms with Gasteiger partial charge in [-0.05, 0) is 59.8 Å². The molecule has 1 fully saturated rings. The van der Waals surface area contributed by atoms with Crippen molar-refractivity contribution < 1.29 is 14.3 Å². The van der Waals surface area contributed by atoms with Gasteiger partial charge in [-0.3, -0.25) is 9.59 Å². The topological polar surface area (TPSA) is 55.4 Å². The average Bonchev–Trinajstić information content (AvgIpc) is 3.00. The third-order valence-electron chi connectivity index (χ3n) is 5.57. The molecule has 0 radical (unpaired) electrons. The SMILES string of the molecule is O=C(Cl)C1(C(=O)OCC2c3ccccc3-c3ccccc32)CCNCC1. The highest BCUT2D eigenvalue weighted by atomic mass is 35.5. The highest BCUT2D eigenvalue weighted by molar-refractivity contribution is 6.66. The molecule has 2 aromatic carbocycles. The fourth-order valence-corrected chi connectivity index (χ4v) is 4.34. The summed E-state index contributed by atoms with van der Waals surface area (Å²) in [5.74, 6) is -0.517. The fraction of sp³-hybridized carbons (Fsp3) is 0.333. The summed E-state index contributed by atoms with van der Waals surface area (Å²) in [6, 6.07) is 16.3. The highest BCUT2D eigenvalue weighted by Crippen LogP contribution is 2.45. The fourth-order valence-electron chi connectivity index (χ4n) is 4.07. The van der Waals surface area contributed by atoms with E-state index in [0.29, 0.717) is 25.9 Å². The molecule has 0 unspecified atom stereocenters. The van der Waals surface area contributed by atoms with Crippen LogP contribution < -0.4 is 5.32 Å². The molecule has 2 aliphatic rings. The Morgan fingerprint density at radius 2 is 1.54 bits per heavy atom. The lowest BCUT2D eigenvalue weighted by molar-refractivity contribution is -0.160. The smallest absolute Gasteiger partial charge is 0.321 e. The number of halogens is 1. The van der Waals surface area contributed by atoms with Crippen LogP contribution in [0.2, 0.25) is 0 Å². The van der Waals surface area contributed by atoms with Crippen molar-refractivity contribution in [3.8, 4) is 11.1 Å². The Balaban J connectivity index is 1.58. The summed E-state index contributed by atoms with van der Waals surface area (Å²) < 4.78 is 5.67. The van der Waals surface area contributed by atoms with E-state index in [9.17, 15) is 9.59 Å². The minimum absolute atomic E-state index is 0.0180. The van der Waals surface area contributed by atoms with Crippen LogP contribution in [0, 0.1) is 5.41 Å². The van der Waals surface area contributed by atoms with Gasteiger partial charge in [0.1, 0.15) is 12.0 Å². The van der Waals surface area contributed by atoms with Crippen molar-refractivity contribution >= 4 is 22.8 Å². The van der Waals surface area contributed by atoms with Crippen molar-refractivity contribution in [3.63, 3.8) is 0 Å². The molecule has 0 atom stereocenters. The van der Waals surface area contributed by atoms with E-state index < -0.39 is 16.6 Å². The van der Waals surface area contributed by atoms with Crippen molar-refractivity contribution in [2.75, 3.05) is 19.7 Å². The van der Waals surface area contributed by atoms with Gasteiger partial charge in [-0.1, -0.05) is 48.5 Å². The predicted molar refractivity (Wildman–Crippen MR) is 100 cm³/mol. The van der Waals surface area contributed by atoms with Gasteiger partial charge in [0, 0.05) is 5.92 Å². The minimum Gasteiger partial charge on any atom is -0.464 e. The summed E-state index contributed by atoms with van der Waals surface area (Å²) in [7, 11) is 0. The molecule has 5 heteroatoms. The first-order valence-corrected chi connectivity index (χ1v) is 9.27. The van der Waals surface area contributed by atoms with Crippen LogP contribution in [0.1, 0.15) is 29.9 Å². The van der Waals surface area contributed by atoms with Crippen molar-refractivity contribution in [3.05, 3.63) is 59.7 Å². The van der Waals surface area contributed by atoms with Gasteiger partial charge in [0.15, 0.2) is 0 Å². The molecule has 0 bridgehead atoms. The second-order valence-corrected chi connectivity index (χ2v) is 7.27. The molecule has 1 N–H and O–H groups in total. The van der Waals surface area contributed by atoms with Crippen LogP contribution >= 0.6 is 11.6 Å². The molecule has 134 valence electrons. The van der Waals surface area contributed by atoms with Crippen LogP contribution in [0.3, 0.4) is 0 Å². The maximum absolute atomic E-state index is 12.8. The van der Waals surface area contributed by atoms with Gasteiger partial charge in [0.05, 0.1) is 0 Å². The molecule has 1 heterocycles. The summed E-state index contributed by atoms with van der Waals surface area (Å²) in [5, 5.41) is 2.54. The molecule has 0 aromatic heterocycles. The minimum atomic E-state index is -1.22. The van der Waals surface area contributed by atoms with Crippen LogP contribution in [0.15, 0.2) is 48.5 Å². The van der Waals surface area contributed by atoms with Crippen molar-refractivity contribution in [2.45, 2.75) is 18.8 Å². The first-order chi connectivity index (χ1) is 12.6. The maximum atomic E-state index is 12.8. The van der Waals surface area contributed by atoms with Gasteiger partial charge in [0.25, 0.3) is 0 Å². The number of benzene rings is 2. The number of piperidine rings is 1. The standard InChI is InChI=1S/C21H20ClNO3/c22-19(24)21(9-11-23-12-10-21)20(25)26-13-18-16-7-3-1-5-14(16)15-6-2-4-8-17(15)18/h1-8,18,23H,9-13H2. The zero-order valence-corrected chi connectivity index (χ0v) is 15.1. The molecule has 4 nitrogen and oxygen atoms in total. The highest BCUT2D eigenvalue weighted by Gasteiger charge is 2.47. The Hall–Kier alpha value is -2.17. The van der Waals surface area contributed by atoms with Gasteiger partial charge < -0.3 is 10.1 Å². The first-order valence-electron chi connectivity index (χ1n) is 8.89. The number of hydrogen-bond donors (Lipinski definition) is 1. The molecule has 1 aliphatic carbocycles. The van der Waals surface area contributed by atoms with Gasteiger partial charge in [-0.25, -0.2) is 0 Å². The normalized spacial score (nSPS) is 18.0. The Kier molecular flexibility index (Phi) is 4.55. The molecular weight excluding hydrogens is 350 g/mol. The van der Waals surface area contributed by atoms with E-state index >= 15 is 0 Å². The third-order valence-corrected chi connectivity index (χ3v) is 5.93. The van der Waals surface area contributed by atoms with Crippen LogP contribution in [0.25, 0.3) is 11.1 Å². The van der Waals surface area contributed by atoms with Crippen molar-refractivity contribution in [1.29, 1.82) is 0 Å². The predicted octanol–water partition coefficient (Wildman–Crippen LogP) is 3.48. The molecule has 2 aromatic rings. The number of nitrogens with one attached hydrogen (secondary N) is 1. The number of hydrogen-bond acceptors (Lipinski definition) is 4. The zero-order chi connectivity index (χ0) is 18.1. The number of carbonyl (C=O) groups is 2. The van der Waals surface area contributed by atoms with Gasteiger partial charge >= 0.3 is 5.97 Å². The van der Waals surface area contributed by atoms with E-state index in [1.165, 1.54) is 11.1 Å². The Morgan fingerprint density at radius 1 is 1.00 bits per heavy atom. The van der Waals surface area contributed by atoms with E-state index in [1.54, 1.807) is 0 Å². The summed E-state index contributed by atoms with van der Waals surface area (Å²) in [5.41, 5.74) is 3.43. The molecule has 0 saturated carbocycles. The Bertz CT molecular complexity index is 812. The summed E-state index contributed by atoms with van der Waals surface area (Å²) in [4.78, 5) is 24.8. The van der Waals surface area contributed by atoms with E-state index in [-0.39, 0.29) is 12.5 Å². The largest absolute Gasteiger partial charge is 0.464 e. The van der Waals surface area contributed by atoms with Crippen molar-refractivity contribution in [2.24, 2.45) is 5.41 Å². The lowest BCUT2D eigenvalue weighted by Crippen LogP contribution is -2.47. The summed E-state index contributed by atoms with van der Waals surface area (Å²) in [6.45, 7) is 1.39. The van der Waals surface area contributed by atoms with Crippen LogP contribution in [-0.2, 0) is 14.3 Å². The quantitative estimate of drug-likeness (QED) is 0.509. The second-order valence-electron chi connectivity index (χ2n) is 6.93. The van der Waals surface area contributed by atoms with Crippen LogP contribution in [0.5, 0.6) is 0 Å². The number of fused-ring (bicyclic) bond motifs is 3. The number of carbonyl (C=O) groups excluding carboxylic acids is 2. The number of ether oxygens (including phenoxy) is 1. The maximum Gasteiger partial charge on any atom is 0.321 e. The molecule has 1 aliphatic heterocycles. The molecular formula is C21H20ClNO3. The molecule has 4 rings (SSSR count). The Labute approximate surface area is 157 Å². The third kappa shape index (κ3) is 2.74. The van der Waals surface area contributed by atoms with Crippen LogP contribution in [0.4, 0.5) is 0 Å². The van der Waals surface area contributed by atoms with Gasteiger partial charge in [-0.15, -0.1) is 0 Å². The lowest BCUT2D eigenvalue weighted by Gasteiger charge is -2.32. The molecule has 0 amide bonds. The van der Waals surface area contributed by atoms with E-state index in [0.717, 1.165) is 11.1 Å². The number of rotatable bonds is 4. The van der Waals surface area contributed by atoms with Gasteiger partial charge in [0.2, 0.25) is 5.24 Å². The van der Waals surface area contributed by atoms with E-state index in [4.69, 9.17) is 16.3 Å². The molecule has 0 spiro atoms. The average molecular weight is 370 g/mol. The van der Waals surface area contributed by atoms with E-state index in [2.05, 4.69) is 29.6 Å². The van der Waals surface area contributed by atoms with E-state index in [1.807, 2.05) is 24.3 Å². The zero-order valence-electron chi connectivity index (χ0n) is 14.3. The van der Waals surface area contributed by atoms with Gasteiger partial charge in [-0.2, -0.15) is 0 Å². The second kappa shape index (κ2) is 6.86. The van der Waals surface area contributed by atoms with Crippen molar-refractivity contribution in [1.82, 2.24) is 5.32 Å². The molecule has 26 heavy (non-hydrogen) atoms.